The van der Waals surface area contributed by atoms with Crippen LogP contribution < -0.4 is 11.1 Å². The molecule has 0 unspecified atom stereocenters. The van der Waals surface area contributed by atoms with E-state index in [9.17, 15) is 24.3 Å². The number of anilines is 2. The Kier molecular flexibility index (Phi) is 9.32. The summed E-state index contributed by atoms with van der Waals surface area (Å²) >= 11 is 0. The minimum atomic E-state index is -2.36. The van der Waals surface area contributed by atoms with Crippen LogP contribution in [0.3, 0.4) is 0 Å². The van der Waals surface area contributed by atoms with Gasteiger partial charge in [-0.1, -0.05) is 63.3 Å². The summed E-state index contributed by atoms with van der Waals surface area (Å²) < 4.78 is 17.9. The van der Waals surface area contributed by atoms with Crippen molar-refractivity contribution < 1.29 is 43.3 Å². The second-order valence-electron chi connectivity index (χ2n) is 15.2. The molecule has 0 aliphatic heterocycles. The van der Waals surface area contributed by atoms with Crippen molar-refractivity contribution in [2.24, 2.45) is 34.5 Å². The van der Waals surface area contributed by atoms with Gasteiger partial charge >= 0.3 is 17.9 Å². The predicted molar refractivity (Wildman–Crippen MR) is 193 cm³/mol. The number of allylic oxidation sites excluding steroid dienone is 2. The maximum atomic E-state index is 15.2. The van der Waals surface area contributed by atoms with Gasteiger partial charge in [0.15, 0.2) is 23.6 Å². The minimum Gasteiger partial charge on any atom is -0.461 e. The molecule has 8 atom stereocenters. The summed E-state index contributed by atoms with van der Waals surface area (Å²) in [4.78, 5) is 68.4. The van der Waals surface area contributed by atoms with Gasteiger partial charge in [-0.3, -0.25) is 14.4 Å². The molecule has 4 N–H and O–H groups in total. The summed E-state index contributed by atoms with van der Waals surface area (Å²) in [5.74, 6) is -4.18. The lowest BCUT2D eigenvalue weighted by Gasteiger charge is -2.49. The number of Topliss-reactive ketones (excluding diaryl/α,β-unsaturated/α-hetero) is 1. The Balaban J connectivity index is 1.47. The van der Waals surface area contributed by atoms with Crippen molar-refractivity contribution in [1.82, 2.24) is 0 Å². The summed E-state index contributed by atoms with van der Waals surface area (Å²) in [5, 5.41) is 16.2. The molecule has 274 valence electrons. The summed E-state index contributed by atoms with van der Waals surface area (Å²) in [6.45, 7) is 11.9. The van der Waals surface area contributed by atoms with Crippen LogP contribution in [-0.2, 0) is 28.6 Å². The first-order valence-corrected chi connectivity index (χ1v) is 17.6. The lowest BCUT2D eigenvalue weighted by Crippen LogP contribution is -2.66. The fraction of sp³-hybridized carbons (Fsp3) is 0.439. The summed E-state index contributed by atoms with van der Waals surface area (Å²) in [7, 11) is 0. The molecular weight excluding hydrogens is 664 g/mol. The maximum absolute atomic E-state index is 15.2. The standard InChI is InChI=1S/C41H46N2O9/c1-8-21(2)37(47)52-35-25(20-50-24(5)44)18-28-32-29(39(32,6)7)17-23(4)40(33(28)45)19-22(3)34(41(35,40)49)51-38(48)27-14-10-12-16-31(27)43-36(46)26-13-9-11-15-30(26)42/h8-16,18-19,23,28-29,32,34-35,49H,17,20,42H2,1-7H3,(H,43,46)/b21-8-/t23-,28-,29-,32+,34+,35-,40+,41-/m1/s1. The topological polar surface area (TPSA) is 171 Å². The van der Waals surface area contributed by atoms with Crippen LogP contribution in [0, 0.1) is 34.5 Å². The number of rotatable bonds is 8. The molecule has 2 fully saturated rings. The number of nitrogens with two attached hydrogens (primary N) is 1. The lowest BCUT2D eigenvalue weighted by molar-refractivity contribution is -0.203. The molecule has 0 aromatic heterocycles. The maximum Gasteiger partial charge on any atom is 0.340 e. The van der Waals surface area contributed by atoms with E-state index in [1.807, 2.05) is 6.92 Å². The van der Waals surface area contributed by atoms with E-state index in [4.69, 9.17) is 19.9 Å². The first-order chi connectivity index (χ1) is 24.5. The number of hydrogen-bond donors (Lipinski definition) is 3. The number of benzene rings is 2. The van der Waals surface area contributed by atoms with Crippen molar-refractivity contribution in [3.8, 4) is 0 Å². The van der Waals surface area contributed by atoms with Crippen molar-refractivity contribution in [2.75, 3.05) is 17.7 Å². The van der Waals surface area contributed by atoms with E-state index in [0.29, 0.717) is 12.0 Å². The van der Waals surface area contributed by atoms with Gasteiger partial charge in [0.05, 0.1) is 22.2 Å². The first kappa shape index (κ1) is 36.8. The van der Waals surface area contributed by atoms with E-state index in [1.165, 1.54) is 19.1 Å². The third-order valence-corrected chi connectivity index (χ3v) is 11.9. The quantitative estimate of drug-likeness (QED) is 0.103. The van der Waals surface area contributed by atoms with E-state index in [0.717, 1.165) is 0 Å². The van der Waals surface area contributed by atoms with Gasteiger partial charge in [-0.25, -0.2) is 9.59 Å². The SMILES string of the molecule is C/C=C(/C)C(=O)O[C@@H]1C(COC(C)=O)=C[C@H]2C(=O)[C@]3(C=C(C)[C@H](OC(=O)c4ccccc4NC(=O)c4ccccc4N)[C@@]13O)[C@H](C)C[C@@H]1[C@H]2C1(C)C. The molecular formula is C41H46N2O9. The summed E-state index contributed by atoms with van der Waals surface area (Å²) in [6.07, 6.45) is 2.50. The van der Waals surface area contributed by atoms with Crippen LogP contribution in [0.15, 0.2) is 83.5 Å². The van der Waals surface area contributed by atoms with Gasteiger partial charge in [-0.05, 0) is 80.2 Å². The molecule has 0 saturated heterocycles. The average Bonchev–Trinajstić information content (AvgIpc) is 3.60. The molecule has 2 saturated carbocycles. The van der Waals surface area contributed by atoms with Crippen LogP contribution in [0.1, 0.15) is 75.6 Å². The molecule has 2 aromatic carbocycles. The number of hydrogen-bond acceptors (Lipinski definition) is 10. The number of nitrogen functional groups attached to an aromatic ring is 1. The zero-order chi connectivity index (χ0) is 37.9. The summed E-state index contributed by atoms with van der Waals surface area (Å²) in [6, 6.07) is 12.7. The molecule has 11 nitrogen and oxygen atoms in total. The second kappa shape index (κ2) is 13.2. The third kappa shape index (κ3) is 5.66. The van der Waals surface area contributed by atoms with Crippen molar-refractivity contribution in [2.45, 2.75) is 72.7 Å². The van der Waals surface area contributed by atoms with Gasteiger partial charge < -0.3 is 30.4 Å². The van der Waals surface area contributed by atoms with E-state index >= 15 is 4.79 Å². The van der Waals surface area contributed by atoms with Crippen LogP contribution >= 0.6 is 0 Å². The fourth-order valence-electron chi connectivity index (χ4n) is 9.06. The Morgan fingerprint density at radius 1 is 1.00 bits per heavy atom. The highest BCUT2D eigenvalue weighted by Crippen LogP contribution is 2.72. The van der Waals surface area contributed by atoms with Crippen molar-refractivity contribution in [3.05, 3.63) is 94.6 Å². The molecule has 6 rings (SSSR count). The zero-order valence-electron chi connectivity index (χ0n) is 30.5. The van der Waals surface area contributed by atoms with E-state index < -0.39 is 58.9 Å². The van der Waals surface area contributed by atoms with Crippen LogP contribution in [0.2, 0.25) is 0 Å². The molecule has 0 radical (unpaired) electrons. The lowest BCUT2D eigenvalue weighted by atomic mass is 9.59. The van der Waals surface area contributed by atoms with Gasteiger partial charge in [0.2, 0.25) is 0 Å². The van der Waals surface area contributed by atoms with Gasteiger partial charge in [-0.15, -0.1) is 0 Å². The minimum absolute atomic E-state index is 0.0218. The van der Waals surface area contributed by atoms with Gasteiger partial charge in [0.1, 0.15) is 6.61 Å². The number of nitrogens with one attached hydrogen (secondary N) is 1. The Hall–Kier alpha value is -5.03. The molecule has 4 aliphatic rings. The van der Waals surface area contributed by atoms with Crippen molar-refractivity contribution in [3.63, 3.8) is 0 Å². The number of amides is 1. The molecule has 2 bridgehead atoms. The smallest absolute Gasteiger partial charge is 0.340 e. The van der Waals surface area contributed by atoms with Gasteiger partial charge in [0.25, 0.3) is 5.91 Å². The molecule has 1 spiro atoms. The largest absolute Gasteiger partial charge is 0.461 e. The molecule has 1 amide bonds. The van der Waals surface area contributed by atoms with E-state index in [-0.39, 0.29) is 63.3 Å². The monoisotopic (exact) mass is 710 g/mol. The second-order valence-corrected chi connectivity index (χ2v) is 15.2. The molecule has 4 aliphatic carbocycles. The first-order valence-electron chi connectivity index (χ1n) is 17.6. The fourth-order valence-corrected chi connectivity index (χ4v) is 9.06. The van der Waals surface area contributed by atoms with Crippen molar-refractivity contribution >= 4 is 41.0 Å². The van der Waals surface area contributed by atoms with E-state index in [2.05, 4.69) is 19.2 Å². The third-order valence-electron chi connectivity index (χ3n) is 11.9. The number of fused-ring (bicyclic) bond motifs is 3. The molecule has 11 heteroatoms. The number of esters is 3. The number of para-hydroxylation sites is 2. The average molecular weight is 711 g/mol. The summed E-state index contributed by atoms with van der Waals surface area (Å²) in [5.41, 5.74) is 3.26. The van der Waals surface area contributed by atoms with Gasteiger partial charge in [-0.2, -0.15) is 0 Å². The van der Waals surface area contributed by atoms with Crippen LogP contribution in [-0.4, -0.2) is 59.1 Å². The molecule has 2 aromatic rings. The van der Waals surface area contributed by atoms with Crippen LogP contribution in [0.25, 0.3) is 0 Å². The van der Waals surface area contributed by atoms with Gasteiger partial charge in [0, 0.05) is 29.7 Å². The van der Waals surface area contributed by atoms with E-state index in [1.54, 1.807) is 75.4 Å². The number of carbonyl (C=O) groups is 5. The Labute approximate surface area is 303 Å². The Morgan fingerprint density at radius 2 is 1.65 bits per heavy atom. The predicted octanol–water partition coefficient (Wildman–Crippen LogP) is 5.60. The highest BCUT2D eigenvalue weighted by molar-refractivity contribution is 6.10. The number of carbonyl (C=O) groups excluding carboxylic acids is 5. The van der Waals surface area contributed by atoms with Crippen molar-refractivity contribution in [1.29, 1.82) is 0 Å². The van der Waals surface area contributed by atoms with Crippen LogP contribution in [0.5, 0.6) is 0 Å². The normalized spacial score (nSPS) is 31.4. The number of aliphatic hydroxyl groups is 1. The Bertz CT molecular complexity index is 1960. The highest BCUT2D eigenvalue weighted by Gasteiger charge is 2.77. The number of ketones is 1. The molecule has 52 heavy (non-hydrogen) atoms. The Morgan fingerprint density at radius 3 is 2.31 bits per heavy atom. The zero-order valence-corrected chi connectivity index (χ0v) is 30.5. The number of ether oxygens (including phenoxy) is 3. The highest BCUT2D eigenvalue weighted by atomic mass is 16.6. The van der Waals surface area contributed by atoms with Crippen LogP contribution in [0.4, 0.5) is 11.4 Å². The molecule has 0 heterocycles.